The van der Waals surface area contributed by atoms with E-state index in [-0.39, 0.29) is 0 Å². The Morgan fingerprint density at radius 3 is 2.82 bits per heavy atom. The highest BCUT2D eigenvalue weighted by molar-refractivity contribution is 9.10. The number of thioether (sulfide) groups is 1. The van der Waals surface area contributed by atoms with Crippen LogP contribution < -0.4 is 0 Å². The predicted molar refractivity (Wildman–Crippen MR) is 51.4 cm³/mol. The Bertz CT molecular complexity index is 277. The Hall–Kier alpha value is -0.350. The summed E-state index contributed by atoms with van der Waals surface area (Å²) in [5, 5.41) is 2.89. The van der Waals surface area contributed by atoms with E-state index in [2.05, 4.69) is 21.1 Å². The van der Waals surface area contributed by atoms with Gasteiger partial charge in [0.2, 0.25) is 0 Å². The van der Waals surface area contributed by atoms with Crippen LogP contribution in [0, 0.1) is 4.91 Å². The van der Waals surface area contributed by atoms with Gasteiger partial charge in [-0.25, -0.2) is 0 Å². The SMILES string of the molecule is CSc1cc(Br)ccc1N=O. The van der Waals surface area contributed by atoms with Crippen molar-refractivity contribution in [3.8, 4) is 0 Å². The van der Waals surface area contributed by atoms with Gasteiger partial charge in [0.15, 0.2) is 0 Å². The topological polar surface area (TPSA) is 29.4 Å². The predicted octanol–water partition coefficient (Wildman–Crippen LogP) is 3.57. The third-order valence-corrected chi connectivity index (χ3v) is 2.50. The normalized spacial score (nSPS) is 9.64. The molecule has 0 spiro atoms. The van der Waals surface area contributed by atoms with Gasteiger partial charge in [-0.2, -0.15) is 0 Å². The number of halogens is 1. The lowest BCUT2D eigenvalue weighted by molar-refractivity contribution is 1.35. The van der Waals surface area contributed by atoms with Crippen LogP contribution in [-0.4, -0.2) is 6.26 Å². The minimum absolute atomic E-state index is 0.501. The lowest BCUT2D eigenvalue weighted by Gasteiger charge is -1.98. The Balaban J connectivity index is 3.16. The zero-order chi connectivity index (χ0) is 8.27. The molecular formula is C7H6BrNOS. The van der Waals surface area contributed by atoms with Crippen molar-refractivity contribution in [1.82, 2.24) is 0 Å². The molecule has 0 amide bonds. The summed E-state index contributed by atoms with van der Waals surface area (Å²) in [5.74, 6) is 0. The van der Waals surface area contributed by atoms with E-state index >= 15 is 0 Å². The first-order chi connectivity index (χ1) is 5.27. The van der Waals surface area contributed by atoms with Gasteiger partial charge in [-0.05, 0) is 29.6 Å². The van der Waals surface area contributed by atoms with Crippen molar-refractivity contribution in [2.24, 2.45) is 5.18 Å². The van der Waals surface area contributed by atoms with Crippen LogP contribution >= 0.6 is 27.7 Å². The highest BCUT2D eigenvalue weighted by Crippen LogP contribution is 2.30. The molecule has 0 radical (unpaired) electrons. The molecule has 1 aromatic rings. The maximum atomic E-state index is 10.2. The smallest absolute Gasteiger partial charge is 0.121 e. The average molecular weight is 232 g/mol. The van der Waals surface area contributed by atoms with E-state index in [9.17, 15) is 4.91 Å². The van der Waals surface area contributed by atoms with E-state index in [0.29, 0.717) is 5.69 Å². The second kappa shape index (κ2) is 3.88. The molecule has 4 heteroatoms. The van der Waals surface area contributed by atoms with Crippen LogP contribution in [0.3, 0.4) is 0 Å². The monoisotopic (exact) mass is 231 g/mol. The Morgan fingerprint density at radius 1 is 1.55 bits per heavy atom. The Morgan fingerprint density at radius 2 is 2.27 bits per heavy atom. The van der Waals surface area contributed by atoms with Crippen molar-refractivity contribution in [3.63, 3.8) is 0 Å². The van der Waals surface area contributed by atoms with Gasteiger partial charge >= 0.3 is 0 Å². The molecule has 0 N–H and O–H groups in total. The first kappa shape index (κ1) is 8.74. The first-order valence-corrected chi connectivity index (χ1v) is 4.96. The number of benzene rings is 1. The molecule has 0 aliphatic rings. The quantitative estimate of drug-likeness (QED) is 0.576. The van der Waals surface area contributed by atoms with Crippen LogP contribution in [0.4, 0.5) is 5.69 Å². The van der Waals surface area contributed by atoms with Gasteiger partial charge in [0, 0.05) is 9.37 Å². The van der Waals surface area contributed by atoms with Crippen molar-refractivity contribution >= 4 is 33.4 Å². The van der Waals surface area contributed by atoms with E-state index in [1.807, 2.05) is 12.3 Å². The molecule has 0 fully saturated rings. The van der Waals surface area contributed by atoms with E-state index in [0.717, 1.165) is 9.37 Å². The number of nitroso groups, excluding NO2 is 1. The second-order valence-corrected chi connectivity index (χ2v) is 3.67. The number of rotatable bonds is 2. The summed E-state index contributed by atoms with van der Waals surface area (Å²) in [4.78, 5) is 11.1. The van der Waals surface area contributed by atoms with Crippen LogP contribution in [0.15, 0.2) is 32.7 Å². The second-order valence-electron chi connectivity index (χ2n) is 1.91. The third-order valence-electron chi connectivity index (χ3n) is 1.24. The van der Waals surface area contributed by atoms with Gasteiger partial charge < -0.3 is 0 Å². The molecule has 0 aliphatic carbocycles. The Kier molecular flexibility index (Phi) is 3.08. The summed E-state index contributed by atoms with van der Waals surface area (Å²) in [6, 6.07) is 5.38. The fourth-order valence-corrected chi connectivity index (χ4v) is 1.80. The van der Waals surface area contributed by atoms with Crippen LogP contribution in [0.5, 0.6) is 0 Å². The average Bonchev–Trinajstić information content (AvgIpc) is 2.04. The minimum Gasteiger partial charge on any atom is -0.145 e. The van der Waals surface area contributed by atoms with Crippen LogP contribution in [0.2, 0.25) is 0 Å². The van der Waals surface area contributed by atoms with Crippen molar-refractivity contribution in [3.05, 3.63) is 27.6 Å². The summed E-state index contributed by atoms with van der Waals surface area (Å²) < 4.78 is 0.967. The molecule has 0 unspecified atom stereocenters. The molecule has 0 heterocycles. The van der Waals surface area contributed by atoms with E-state index in [1.54, 1.807) is 12.1 Å². The molecule has 2 nitrogen and oxygen atoms in total. The maximum Gasteiger partial charge on any atom is 0.121 e. The summed E-state index contributed by atoms with van der Waals surface area (Å²) in [5.41, 5.74) is 0.501. The van der Waals surface area contributed by atoms with Crippen molar-refractivity contribution in [2.45, 2.75) is 4.90 Å². The van der Waals surface area contributed by atoms with E-state index < -0.39 is 0 Å². The van der Waals surface area contributed by atoms with Gasteiger partial charge in [0.05, 0.1) is 0 Å². The molecular weight excluding hydrogens is 226 g/mol. The molecule has 0 saturated heterocycles. The molecule has 1 rings (SSSR count). The molecule has 1 aromatic carbocycles. The minimum atomic E-state index is 0.501. The Labute approximate surface area is 77.5 Å². The zero-order valence-corrected chi connectivity index (χ0v) is 8.28. The number of hydrogen-bond donors (Lipinski definition) is 0. The van der Waals surface area contributed by atoms with Gasteiger partial charge in [-0.15, -0.1) is 16.7 Å². The molecule has 0 atom stereocenters. The molecule has 0 aromatic heterocycles. The van der Waals surface area contributed by atoms with Gasteiger partial charge in [-0.1, -0.05) is 15.9 Å². The van der Waals surface area contributed by atoms with Crippen molar-refractivity contribution in [1.29, 1.82) is 0 Å². The summed E-state index contributed by atoms with van der Waals surface area (Å²) >= 11 is 4.82. The molecule has 0 bridgehead atoms. The fraction of sp³-hybridized carbons (Fsp3) is 0.143. The standard InChI is InChI=1S/C7H6BrNOS/c1-11-7-4-5(8)2-3-6(7)9-10/h2-4H,1H3. The van der Waals surface area contributed by atoms with Crippen LogP contribution in [0.1, 0.15) is 0 Å². The number of hydrogen-bond acceptors (Lipinski definition) is 3. The molecule has 0 aliphatic heterocycles. The highest BCUT2D eigenvalue weighted by atomic mass is 79.9. The summed E-state index contributed by atoms with van der Waals surface area (Å²) in [7, 11) is 0. The lowest BCUT2D eigenvalue weighted by Crippen LogP contribution is -1.71. The molecule has 11 heavy (non-hydrogen) atoms. The summed E-state index contributed by atoms with van der Waals surface area (Å²) in [6.45, 7) is 0. The van der Waals surface area contributed by atoms with Gasteiger partial charge in [0.1, 0.15) is 5.69 Å². The lowest BCUT2D eigenvalue weighted by atomic mass is 10.3. The maximum absolute atomic E-state index is 10.2. The largest absolute Gasteiger partial charge is 0.145 e. The zero-order valence-electron chi connectivity index (χ0n) is 5.87. The van der Waals surface area contributed by atoms with E-state index in [4.69, 9.17) is 0 Å². The van der Waals surface area contributed by atoms with E-state index in [1.165, 1.54) is 11.8 Å². The van der Waals surface area contributed by atoms with Crippen LogP contribution in [0.25, 0.3) is 0 Å². The third kappa shape index (κ3) is 2.04. The van der Waals surface area contributed by atoms with Gasteiger partial charge in [0.25, 0.3) is 0 Å². The van der Waals surface area contributed by atoms with Crippen molar-refractivity contribution < 1.29 is 0 Å². The molecule has 58 valence electrons. The van der Waals surface area contributed by atoms with Crippen molar-refractivity contribution in [2.75, 3.05) is 6.26 Å². The summed E-state index contributed by atoms with van der Waals surface area (Å²) in [6.07, 6.45) is 1.91. The fourth-order valence-electron chi connectivity index (χ4n) is 0.727. The van der Waals surface area contributed by atoms with Crippen LogP contribution in [-0.2, 0) is 0 Å². The molecule has 0 saturated carbocycles. The number of nitrogens with zero attached hydrogens (tertiary/aromatic N) is 1. The first-order valence-electron chi connectivity index (χ1n) is 2.95. The highest BCUT2D eigenvalue weighted by Gasteiger charge is 2.00. The van der Waals surface area contributed by atoms with Gasteiger partial charge in [-0.3, -0.25) is 0 Å².